The zero-order valence-corrected chi connectivity index (χ0v) is 15.2. The molecule has 1 aromatic heterocycles. The van der Waals surface area contributed by atoms with Crippen LogP contribution in [0.15, 0.2) is 46.0 Å². The molecule has 0 aliphatic carbocycles. The summed E-state index contributed by atoms with van der Waals surface area (Å²) in [5, 5.41) is 4.44. The smallest absolute Gasteiger partial charge is 0.252 e. The number of nitrogens with zero attached hydrogens (tertiary/aromatic N) is 1. The van der Waals surface area contributed by atoms with Gasteiger partial charge in [-0.2, -0.15) is 4.31 Å². The lowest BCUT2D eigenvalue weighted by Crippen LogP contribution is -2.45. The number of benzene rings is 1. The number of nitrogens with one attached hydrogen (secondary N) is 1. The molecule has 1 fully saturated rings. The molecule has 0 spiro atoms. The van der Waals surface area contributed by atoms with E-state index in [4.69, 9.17) is 0 Å². The van der Waals surface area contributed by atoms with Gasteiger partial charge in [0.2, 0.25) is 5.91 Å². The van der Waals surface area contributed by atoms with Gasteiger partial charge in [0, 0.05) is 25.2 Å². The molecule has 3 rings (SSSR count). The van der Waals surface area contributed by atoms with Crippen LogP contribution < -0.4 is 5.32 Å². The monoisotopic (exact) mass is 382 g/mol. The van der Waals surface area contributed by atoms with Gasteiger partial charge < -0.3 is 5.32 Å². The third-order valence-electron chi connectivity index (χ3n) is 4.26. The summed E-state index contributed by atoms with van der Waals surface area (Å²) in [6.07, 6.45) is 1.25. The number of hydrogen-bond donors (Lipinski definition) is 1. The lowest BCUT2D eigenvalue weighted by Gasteiger charge is -2.30. The standard InChI is InChI=1S/C17H19FN2O3S2/c18-15-7-2-1-5-13(15)11-19-17(21)14-6-3-9-20(12-14)25(22,23)16-8-4-10-24-16/h1-2,4-5,7-8,10,14H,3,6,9,11-12H2,(H,19,21)/t14-/m0/s1. The van der Waals surface area contributed by atoms with E-state index in [1.165, 1.54) is 21.7 Å². The summed E-state index contributed by atoms with van der Waals surface area (Å²) < 4.78 is 40.5. The highest BCUT2D eigenvalue weighted by molar-refractivity contribution is 7.91. The van der Waals surface area contributed by atoms with Crippen LogP contribution in [0.1, 0.15) is 18.4 Å². The largest absolute Gasteiger partial charge is 0.352 e. The van der Waals surface area contributed by atoms with Crippen LogP contribution in [-0.2, 0) is 21.4 Å². The third kappa shape index (κ3) is 4.08. The maximum absolute atomic E-state index is 13.6. The van der Waals surface area contributed by atoms with E-state index in [1.807, 2.05) is 0 Å². The Balaban J connectivity index is 1.63. The summed E-state index contributed by atoms with van der Waals surface area (Å²) in [7, 11) is -3.55. The third-order valence-corrected chi connectivity index (χ3v) is 7.49. The summed E-state index contributed by atoms with van der Waals surface area (Å²) in [6.45, 7) is 0.667. The van der Waals surface area contributed by atoms with Crippen molar-refractivity contribution in [3.8, 4) is 0 Å². The van der Waals surface area contributed by atoms with E-state index in [-0.39, 0.29) is 24.8 Å². The summed E-state index contributed by atoms with van der Waals surface area (Å²) in [5.41, 5.74) is 0.412. The number of thiophene rings is 1. The highest BCUT2D eigenvalue weighted by Gasteiger charge is 2.33. The van der Waals surface area contributed by atoms with Crippen LogP contribution in [0, 0.1) is 11.7 Å². The predicted octanol–water partition coefficient (Wildman–Crippen LogP) is 2.60. The van der Waals surface area contributed by atoms with Crippen LogP contribution in [-0.4, -0.2) is 31.7 Å². The Labute approximate surface area is 150 Å². The van der Waals surface area contributed by atoms with Crippen molar-refractivity contribution < 1.29 is 17.6 Å². The zero-order chi connectivity index (χ0) is 17.9. The average molecular weight is 382 g/mol. The Morgan fingerprint density at radius 3 is 2.80 bits per heavy atom. The fourth-order valence-electron chi connectivity index (χ4n) is 2.88. The van der Waals surface area contributed by atoms with Gasteiger partial charge in [-0.25, -0.2) is 12.8 Å². The van der Waals surface area contributed by atoms with Crippen molar-refractivity contribution in [1.29, 1.82) is 0 Å². The SMILES string of the molecule is O=C(NCc1ccccc1F)[C@H]1CCCN(S(=O)(=O)c2cccs2)C1. The Kier molecular flexibility index (Phi) is 5.51. The summed E-state index contributed by atoms with van der Waals surface area (Å²) in [5.74, 6) is -1.03. The summed E-state index contributed by atoms with van der Waals surface area (Å²) in [4.78, 5) is 12.4. The Morgan fingerprint density at radius 1 is 1.28 bits per heavy atom. The van der Waals surface area contributed by atoms with Gasteiger partial charge in [0.15, 0.2) is 0 Å². The maximum atomic E-state index is 13.6. The number of rotatable bonds is 5. The van der Waals surface area contributed by atoms with Gasteiger partial charge in [-0.15, -0.1) is 11.3 Å². The number of carbonyl (C=O) groups excluding carboxylic acids is 1. The van der Waals surface area contributed by atoms with Gasteiger partial charge in [0.1, 0.15) is 10.0 Å². The molecule has 1 aliphatic heterocycles. The first kappa shape index (κ1) is 18.0. The second-order valence-electron chi connectivity index (χ2n) is 5.94. The van der Waals surface area contributed by atoms with Crippen LogP contribution in [0.2, 0.25) is 0 Å². The normalized spacial score (nSPS) is 18.8. The van der Waals surface area contributed by atoms with Gasteiger partial charge in [-0.1, -0.05) is 24.3 Å². The molecule has 0 unspecified atom stereocenters. The first-order chi connectivity index (χ1) is 12.0. The molecular weight excluding hydrogens is 363 g/mol. The number of hydrogen-bond acceptors (Lipinski definition) is 4. The van der Waals surface area contributed by atoms with Crippen molar-refractivity contribution in [2.24, 2.45) is 5.92 Å². The lowest BCUT2D eigenvalue weighted by molar-refractivity contribution is -0.126. The lowest BCUT2D eigenvalue weighted by atomic mass is 9.98. The second kappa shape index (κ2) is 7.63. The van der Waals surface area contributed by atoms with E-state index in [1.54, 1.807) is 35.7 Å². The van der Waals surface area contributed by atoms with Gasteiger partial charge in [-0.05, 0) is 30.4 Å². The fourth-order valence-corrected chi connectivity index (χ4v) is 5.55. The van der Waals surface area contributed by atoms with Crippen molar-refractivity contribution in [2.75, 3.05) is 13.1 Å². The zero-order valence-electron chi connectivity index (χ0n) is 13.5. The maximum Gasteiger partial charge on any atom is 0.252 e. The van der Waals surface area contributed by atoms with E-state index in [0.29, 0.717) is 29.2 Å². The minimum Gasteiger partial charge on any atom is -0.352 e. The summed E-state index contributed by atoms with van der Waals surface area (Å²) in [6, 6.07) is 9.53. The minimum absolute atomic E-state index is 0.0969. The molecule has 0 bridgehead atoms. The summed E-state index contributed by atoms with van der Waals surface area (Å²) >= 11 is 1.17. The van der Waals surface area contributed by atoms with Crippen LogP contribution in [0.4, 0.5) is 4.39 Å². The molecule has 1 aliphatic rings. The van der Waals surface area contributed by atoms with Gasteiger partial charge in [0.05, 0.1) is 5.92 Å². The number of halogens is 1. The van der Waals surface area contributed by atoms with Gasteiger partial charge >= 0.3 is 0 Å². The van der Waals surface area contributed by atoms with Crippen LogP contribution >= 0.6 is 11.3 Å². The number of carbonyl (C=O) groups is 1. The molecule has 25 heavy (non-hydrogen) atoms. The molecule has 1 saturated heterocycles. The highest BCUT2D eigenvalue weighted by Crippen LogP contribution is 2.26. The van der Waals surface area contributed by atoms with Crippen molar-refractivity contribution in [1.82, 2.24) is 9.62 Å². The van der Waals surface area contributed by atoms with Crippen molar-refractivity contribution in [3.05, 3.63) is 53.2 Å². The molecular formula is C17H19FN2O3S2. The molecule has 0 saturated carbocycles. The quantitative estimate of drug-likeness (QED) is 0.864. The number of piperidine rings is 1. The molecule has 2 heterocycles. The van der Waals surface area contributed by atoms with Crippen LogP contribution in [0.3, 0.4) is 0 Å². The van der Waals surface area contributed by atoms with Crippen molar-refractivity contribution in [3.63, 3.8) is 0 Å². The molecule has 0 radical (unpaired) electrons. The molecule has 2 aromatic rings. The molecule has 1 aromatic carbocycles. The van der Waals surface area contributed by atoms with E-state index < -0.39 is 15.9 Å². The molecule has 134 valence electrons. The molecule has 1 N–H and O–H groups in total. The van der Waals surface area contributed by atoms with Gasteiger partial charge in [0.25, 0.3) is 10.0 Å². The van der Waals surface area contributed by atoms with E-state index in [2.05, 4.69) is 5.32 Å². The Bertz CT molecular complexity index is 837. The minimum atomic E-state index is -3.55. The molecule has 1 amide bonds. The average Bonchev–Trinajstić information content (AvgIpc) is 3.16. The first-order valence-electron chi connectivity index (χ1n) is 8.03. The van der Waals surface area contributed by atoms with Crippen molar-refractivity contribution in [2.45, 2.75) is 23.6 Å². The van der Waals surface area contributed by atoms with Crippen LogP contribution in [0.25, 0.3) is 0 Å². The topological polar surface area (TPSA) is 66.5 Å². The molecule has 8 heteroatoms. The van der Waals surface area contributed by atoms with Crippen molar-refractivity contribution >= 4 is 27.3 Å². The Morgan fingerprint density at radius 2 is 2.08 bits per heavy atom. The number of amides is 1. The highest BCUT2D eigenvalue weighted by atomic mass is 32.2. The van der Waals surface area contributed by atoms with Gasteiger partial charge in [-0.3, -0.25) is 4.79 Å². The second-order valence-corrected chi connectivity index (χ2v) is 9.06. The first-order valence-corrected chi connectivity index (χ1v) is 10.4. The van der Waals surface area contributed by atoms with Crippen LogP contribution in [0.5, 0.6) is 0 Å². The molecule has 1 atom stereocenters. The number of sulfonamides is 1. The fraction of sp³-hybridized carbons (Fsp3) is 0.353. The van der Waals surface area contributed by atoms with E-state index in [0.717, 1.165) is 0 Å². The predicted molar refractivity (Wildman–Crippen MR) is 94.0 cm³/mol. The Hall–Kier alpha value is -1.77. The molecule has 5 nitrogen and oxygen atoms in total. The van der Waals surface area contributed by atoms with E-state index >= 15 is 0 Å². The van der Waals surface area contributed by atoms with E-state index in [9.17, 15) is 17.6 Å².